The van der Waals surface area contributed by atoms with Gasteiger partial charge in [-0.3, -0.25) is 4.79 Å². The average Bonchev–Trinajstić information content (AvgIpc) is 3.01. The number of hydrogen-bond acceptors (Lipinski definition) is 4. The molecule has 4 unspecified atom stereocenters. The molecule has 0 aromatic heterocycles. The number of unbranched alkanes of at least 4 members (excludes halogenated alkanes) is 3. The molecule has 0 radical (unpaired) electrons. The van der Waals surface area contributed by atoms with Crippen LogP contribution in [0.2, 0.25) is 0 Å². The van der Waals surface area contributed by atoms with E-state index in [4.69, 9.17) is 14.2 Å². The van der Waals surface area contributed by atoms with Crippen LogP contribution in [0.25, 0.3) is 0 Å². The molecular formula is C40H66LiO4P. The molecular weight excluding hydrogens is 582 g/mol. The Morgan fingerprint density at radius 3 is 1.41 bits per heavy atom. The first kappa shape index (κ1) is 42.6. The molecule has 0 amide bonds. The van der Waals surface area contributed by atoms with Crippen LogP contribution in [0.4, 0.5) is 0 Å². The second-order valence-corrected chi connectivity index (χ2v) is 14.4. The van der Waals surface area contributed by atoms with Gasteiger partial charge in [-0.15, -0.1) is 0 Å². The van der Waals surface area contributed by atoms with E-state index in [1.807, 2.05) is 26.0 Å². The van der Waals surface area contributed by atoms with Gasteiger partial charge >= 0.3 is 18.9 Å². The number of rotatable bonds is 24. The maximum Gasteiger partial charge on any atom is 1.00 e. The van der Waals surface area contributed by atoms with E-state index < -0.39 is 0 Å². The maximum absolute atomic E-state index is 14.1. The van der Waals surface area contributed by atoms with Crippen LogP contribution in [0.5, 0.6) is 17.2 Å². The van der Waals surface area contributed by atoms with Gasteiger partial charge in [0, 0.05) is 17.7 Å². The Kier molecular flexibility index (Phi) is 22.0. The zero-order valence-corrected chi connectivity index (χ0v) is 32.3. The standard InChI is InChI=1S/C40H65O4P.Li.H/c1-10-16-19-32(13-4)26-42-35-24-36(43-27-33(14-5)20-17-11-2)39(37(25-35)44-28-34(15-6)21-18-12-3)45-40(41)38-30(8)22-29(7)23-31(38)9;;/h22-25,32-34,45H,10-21,26-28H2,1-9H3;;/q;+1;-1. The van der Waals surface area contributed by atoms with Gasteiger partial charge in [0.25, 0.3) is 0 Å². The van der Waals surface area contributed by atoms with Crippen molar-refractivity contribution in [1.82, 2.24) is 0 Å². The van der Waals surface area contributed by atoms with Gasteiger partial charge in [0.2, 0.25) is 0 Å². The minimum atomic E-state index is -0.0977. The summed E-state index contributed by atoms with van der Waals surface area (Å²) in [6.45, 7) is 21.6. The van der Waals surface area contributed by atoms with Crippen molar-refractivity contribution in [2.45, 2.75) is 139 Å². The molecule has 0 aliphatic heterocycles. The van der Waals surface area contributed by atoms with Gasteiger partial charge in [-0.25, -0.2) is 0 Å². The minimum absolute atomic E-state index is 0. The average molecular weight is 649 g/mol. The number of benzene rings is 2. The largest absolute Gasteiger partial charge is 1.00 e. The summed E-state index contributed by atoms with van der Waals surface area (Å²) >= 11 is 0. The number of carbonyl (C=O) groups excluding carboxylic acids is 1. The summed E-state index contributed by atoms with van der Waals surface area (Å²) in [5.74, 6) is 3.74. The van der Waals surface area contributed by atoms with Crippen LogP contribution in [0.3, 0.4) is 0 Å². The molecule has 46 heavy (non-hydrogen) atoms. The molecule has 0 N–H and O–H groups in total. The smallest absolute Gasteiger partial charge is 1.00 e. The molecule has 4 nitrogen and oxygen atoms in total. The van der Waals surface area contributed by atoms with E-state index in [0.29, 0.717) is 37.6 Å². The number of aryl methyl sites for hydroxylation is 3. The van der Waals surface area contributed by atoms with Crippen LogP contribution in [-0.4, -0.2) is 25.3 Å². The summed E-state index contributed by atoms with van der Waals surface area (Å²) in [6, 6.07) is 8.28. The van der Waals surface area contributed by atoms with Crippen molar-refractivity contribution in [3.63, 3.8) is 0 Å². The summed E-state index contributed by atoms with van der Waals surface area (Å²) in [6.07, 6.45) is 13.9. The number of ether oxygens (including phenoxy) is 3. The molecule has 2 rings (SSSR count). The Morgan fingerprint density at radius 1 is 0.652 bits per heavy atom. The van der Waals surface area contributed by atoms with E-state index in [2.05, 4.69) is 60.6 Å². The normalized spacial score (nSPS) is 13.3. The van der Waals surface area contributed by atoms with Crippen molar-refractivity contribution in [2.75, 3.05) is 19.8 Å². The van der Waals surface area contributed by atoms with Gasteiger partial charge in [0.15, 0.2) is 5.52 Å². The van der Waals surface area contributed by atoms with Gasteiger partial charge in [-0.2, -0.15) is 0 Å². The van der Waals surface area contributed by atoms with Gasteiger partial charge in [0.05, 0.1) is 25.1 Å². The Hall–Kier alpha value is -1.46. The predicted octanol–water partition coefficient (Wildman–Crippen LogP) is 8.66. The molecule has 256 valence electrons. The fraction of sp³-hybridized carbons (Fsp3) is 0.675. The minimum Gasteiger partial charge on any atom is -1.00 e. The SMILES string of the molecule is CCCCC(CC)COc1cc(OCC(CC)CCCC)c(PC(=O)c2c(C)cc(C)cc2C)c(OCC(CC)CCCC)c1.[H-].[Li+]. The fourth-order valence-corrected chi connectivity index (χ4v) is 7.32. The van der Waals surface area contributed by atoms with Crippen molar-refractivity contribution in [3.05, 3.63) is 46.5 Å². The molecule has 2 aromatic carbocycles. The van der Waals surface area contributed by atoms with E-state index in [-0.39, 0.29) is 34.4 Å². The molecule has 0 aliphatic rings. The summed E-state index contributed by atoms with van der Waals surface area (Å²) < 4.78 is 19.8. The summed E-state index contributed by atoms with van der Waals surface area (Å²) in [5.41, 5.74) is 4.20. The predicted molar refractivity (Wildman–Crippen MR) is 197 cm³/mol. The Labute approximate surface area is 298 Å². The first-order valence-electron chi connectivity index (χ1n) is 18.2. The van der Waals surface area contributed by atoms with Gasteiger partial charge < -0.3 is 15.6 Å². The van der Waals surface area contributed by atoms with Crippen molar-refractivity contribution >= 4 is 19.4 Å². The van der Waals surface area contributed by atoms with E-state index in [0.717, 1.165) is 71.3 Å². The van der Waals surface area contributed by atoms with Crippen molar-refractivity contribution < 1.29 is 39.3 Å². The molecule has 0 saturated carbocycles. The molecule has 4 atom stereocenters. The molecule has 0 saturated heterocycles. The Bertz CT molecular complexity index is 1090. The van der Waals surface area contributed by atoms with E-state index in [1.165, 1.54) is 50.5 Å². The van der Waals surface area contributed by atoms with Crippen molar-refractivity contribution in [3.8, 4) is 17.2 Å². The molecule has 0 heterocycles. The Balaban J connectivity index is 0.0000106. The van der Waals surface area contributed by atoms with E-state index in [9.17, 15) is 4.79 Å². The van der Waals surface area contributed by atoms with Gasteiger partial charge in [-0.05, 0) is 77.5 Å². The third-order valence-corrected chi connectivity index (χ3v) is 10.5. The van der Waals surface area contributed by atoms with Crippen LogP contribution in [0.1, 0.15) is 147 Å². The quantitative estimate of drug-likeness (QED) is 0.0845. The van der Waals surface area contributed by atoms with Crippen molar-refractivity contribution in [1.29, 1.82) is 0 Å². The van der Waals surface area contributed by atoms with Crippen LogP contribution >= 0.6 is 8.58 Å². The van der Waals surface area contributed by atoms with Crippen LogP contribution in [-0.2, 0) is 0 Å². The third-order valence-electron chi connectivity index (χ3n) is 9.25. The molecule has 0 spiro atoms. The zero-order chi connectivity index (χ0) is 33.2. The Morgan fingerprint density at radius 2 is 1.04 bits per heavy atom. The second kappa shape index (κ2) is 23.8. The summed E-state index contributed by atoms with van der Waals surface area (Å²) in [4.78, 5) is 14.1. The summed E-state index contributed by atoms with van der Waals surface area (Å²) in [5, 5.41) is 0.875. The first-order chi connectivity index (χ1) is 21.7. The van der Waals surface area contributed by atoms with E-state index in [1.54, 1.807) is 0 Å². The molecule has 2 aromatic rings. The van der Waals surface area contributed by atoms with Crippen molar-refractivity contribution in [2.24, 2.45) is 17.8 Å². The number of hydrogen-bond donors (Lipinski definition) is 0. The van der Waals surface area contributed by atoms with Gasteiger partial charge in [-0.1, -0.05) is 117 Å². The molecule has 0 fully saturated rings. The van der Waals surface area contributed by atoms with E-state index >= 15 is 0 Å². The van der Waals surface area contributed by atoms with Crippen LogP contribution in [0.15, 0.2) is 24.3 Å². The third kappa shape index (κ3) is 14.3. The van der Waals surface area contributed by atoms with Gasteiger partial charge in [0.1, 0.15) is 17.2 Å². The first-order valence-corrected chi connectivity index (χ1v) is 19.2. The molecule has 0 bridgehead atoms. The number of carbonyl (C=O) groups is 1. The van der Waals surface area contributed by atoms with Crippen LogP contribution in [0, 0.1) is 38.5 Å². The topological polar surface area (TPSA) is 44.8 Å². The fourth-order valence-electron chi connectivity index (χ4n) is 6.04. The molecule has 6 heteroatoms. The monoisotopic (exact) mass is 648 g/mol. The maximum atomic E-state index is 14.1. The van der Waals surface area contributed by atoms with Crippen LogP contribution < -0.4 is 38.4 Å². The summed E-state index contributed by atoms with van der Waals surface area (Å²) in [7, 11) is -0.0977. The molecule has 0 aliphatic carbocycles. The second-order valence-electron chi connectivity index (χ2n) is 13.2. The zero-order valence-electron chi connectivity index (χ0n) is 32.3.